The Kier molecular flexibility index (Phi) is 5.21. The fourth-order valence-corrected chi connectivity index (χ4v) is 3.66. The van der Waals surface area contributed by atoms with Gasteiger partial charge in [0.1, 0.15) is 17.5 Å². The van der Waals surface area contributed by atoms with Crippen molar-refractivity contribution in [2.45, 2.75) is 31.7 Å². The van der Waals surface area contributed by atoms with Crippen molar-refractivity contribution in [1.82, 2.24) is 14.9 Å². The first-order valence-corrected chi connectivity index (χ1v) is 9.50. The van der Waals surface area contributed by atoms with E-state index in [0.29, 0.717) is 29.6 Å². The number of nitrogens with zero attached hydrogens (tertiary/aromatic N) is 3. The molecule has 3 heterocycles. The molecule has 6 heteroatoms. The molecule has 1 atom stereocenters. The predicted octanol–water partition coefficient (Wildman–Crippen LogP) is 4.68. The summed E-state index contributed by atoms with van der Waals surface area (Å²) in [6, 6.07) is 12.9. The van der Waals surface area contributed by atoms with Crippen molar-refractivity contribution in [2.75, 3.05) is 6.54 Å². The fourth-order valence-electron chi connectivity index (χ4n) is 3.46. The highest BCUT2D eigenvalue weighted by molar-refractivity contribution is 6.31. The van der Waals surface area contributed by atoms with E-state index < -0.39 is 0 Å². The molecule has 27 heavy (non-hydrogen) atoms. The van der Waals surface area contributed by atoms with Gasteiger partial charge in [0.05, 0.1) is 6.20 Å². The van der Waals surface area contributed by atoms with Crippen LogP contribution in [0.25, 0.3) is 0 Å². The van der Waals surface area contributed by atoms with Crippen molar-refractivity contribution >= 4 is 17.5 Å². The van der Waals surface area contributed by atoms with Gasteiger partial charge >= 0.3 is 0 Å². The van der Waals surface area contributed by atoms with Gasteiger partial charge in [0, 0.05) is 24.2 Å². The molecule has 1 unspecified atom stereocenters. The van der Waals surface area contributed by atoms with E-state index in [2.05, 4.69) is 9.97 Å². The Morgan fingerprint density at radius 3 is 2.81 bits per heavy atom. The van der Waals surface area contributed by atoms with Crippen molar-refractivity contribution < 1.29 is 9.21 Å². The molecular weight excluding hydrogens is 362 g/mol. The second-order valence-corrected chi connectivity index (χ2v) is 7.07. The lowest BCUT2D eigenvalue weighted by Gasteiger charge is -2.33. The number of carbonyl (C=O) groups is 1. The molecule has 1 aliphatic heterocycles. The van der Waals surface area contributed by atoms with E-state index >= 15 is 0 Å². The molecule has 1 amide bonds. The fraction of sp³-hybridized carbons (Fsp3) is 0.286. The zero-order chi connectivity index (χ0) is 18.6. The van der Waals surface area contributed by atoms with Crippen molar-refractivity contribution in [1.29, 1.82) is 0 Å². The molecule has 138 valence electrons. The molecule has 1 saturated heterocycles. The summed E-state index contributed by atoms with van der Waals surface area (Å²) in [7, 11) is 0. The van der Waals surface area contributed by atoms with Crippen LogP contribution in [0.1, 0.15) is 53.0 Å². The number of benzene rings is 1. The van der Waals surface area contributed by atoms with Crippen molar-refractivity contribution in [2.24, 2.45) is 0 Å². The number of hydrogen-bond donors (Lipinski definition) is 0. The van der Waals surface area contributed by atoms with Crippen LogP contribution in [-0.4, -0.2) is 27.3 Å². The van der Waals surface area contributed by atoms with Crippen molar-refractivity contribution in [3.8, 4) is 0 Å². The lowest BCUT2D eigenvalue weighted by atomic mass is 10.0. The van der Waals surface area contributed by atoms with Gasteiger partial charge in [-0.15, -0.1) is 0 Å². The minimum Gasteiger partial charge on any atom is -0.443 e. The maximum atomic E-state index is 12.9. The van der Waals surface area contributed by atoms with Gasteiger partial charge in [-0.2, -0.15) is 0 Å². The van der Waals surface area contributed by atoms with Crippen LogP contribution in [0.2, 0.25) is 5.02 Å². The first-order chi connectivity index (χ1) is 13.2. The number of aromatic nitrogens is 2. The molecular formula is C21H20ClN3O2. The molecule has 0 N–H and O–H groups in total. The topological polar surface area (TPSA) is 59.2 Å². The summed E-state index contributed by atoms with van der Waals surface area (Å²) in [4.78, 5) is 23.4. The summed E-state index contributed by atoms with van der Waals surface area (Å²) >= 11 is 6.24. The number of oxazole rings is 1. The number of pyridine rings is 1. The lowest BCUT2D eigenvalue weighted by Crippen LogP contribution is -2.39. The van der Waals surface area contributed by atoms with Gasteiger partial charge in [-0.1, -0.05) is 35.9 Å². The van der Waals surface area contributed by atoms with E-state index in [-0.39, 0.29) is 11.9 Å². The third-order valence-electron chi connectivity index (χ3n) is 4.83. The van der Waals surface area contributed by atoms with Crippen LogP contribution < -0.4 is 0 Å². The third-order valence-corrected chi connectivity index (χ3v) is 5.20. The summed E-state index contributed by atoms with van der Waals surface area (Å²) in [5.41, 5.74) is 1.44. The highest BCUT2D eigenvalue weighted by atomic mass is 35.5. The number of rotatable bonds is 4. The summed E-state index contributed by atoms with van der Waals surface area (Å²) in [6.07, 6.45) is 6.80. The zero-order valence-corrected chi connectivity index (χ0v) is 15.6. The predicted molar refractivity (Wildman–Crippen MR) is 103 cm³/mol. The molecule has 5 nitrogen and oxygen atoms in total. The van der Waals surface area contributed by atoms with E-state index in [9.17, 15) is 4.79 Å². The van der Waals surface area contributed by atoms with Gasteiger partial charge in [0.25, 0.3) is 5.91 Å². The molecule has 0 spiro atoms. The Balaban J connectivity index is 1.55. The van der Waals surface area contributed by atoms with E-state index in [1.54, 1.807) is 24.5 Å². The Hall–Kier alpha value is -2.66. The third kappa shape index (κ3) is 3.88. The van der Waals surface area contributed by atoms with Crippen LogP contribution in [0.3, 0.4) is 0 Å². The standard InChI is InChI=1S/C21H20ClN3O2/c22-17-8-2-1-7-15(17)13-16-14-24-20(27-16)19-10-4-6-12-25(19)21(26)18-9-3-5-11-23-18/h1-3,5,7-9,11,14,19H,4,6,10,12-13H2. The van der Waals surface area contributed by atoms with Gasteiger partial charge < -0.3 is 9.32 Å². The molecule has 0 aliphatic carbocycles. The van der Waals surface area contributed by atoms with Crippen LogP contribution in [-0.2, 0) is 6.42 Å². The summed E-state index contributed by atoms with van der Waals surface area (Å²) in [5, 5.41) is 0.708. The first kappa shape index (κ1) is 17.7. The Labute approximate surface area is 163 Å². The summed E-state index contributed by atoms with van der Waals surface area (Å²) in [6.45, 7) is 0.683. The summed E-state index contributed by atoms with van der Waals surface area (Å²) in [5.74, 6) is 1.25. The first-order valence-electron chi connectivity index (χ1n) is 9.12. The van der Waals surface area contributed by atoms with E-state index in [1.165, 1.54) is 0 Å². The molecule has 4 rings (SSSR count). The average molecular weight is 382 g/mol. The van der Waals surface area contributed by atoms with Gasteiger partial charge in [-0.3, -0.25) is 9.78 Å². The van der Waals surface area contributed by atoms with Gasteiger partial charge in [0.2, 0.25) is 5.89 Å². The monoisotopic (exact) mass is 381 g/mol. The molecule has 0 bridgehead atoms. The molecule has 2 aromatic heterocycles. The second kappa shape index (κ2) is 7.92. The van der Waals surface area contributed by atoms with Crippen molar-refractivity contribution in [3.63, 3.8) is 0 Å². The van der Waals surface area contributed by atoms with E-state index in [1.807, 2.05) is 35.2 Å². The van der Waals surface area contributed by atoms with Crippen LogP contribution >= 0.6 is 11.6 Å². The number of carbonyl (C=O) groups excluding carboxylic acids is 1. The average Bonchev–Trinajstić information content (AvgIpc) is 3.18. The van der Waals surface area contributed by atoms with Crippen LogP contribution in [0.4, 0.5) is 0 Å². The minimum atomic E-state index is -0.159. The largest absolute Gasteiger partial charge is 0.443 e. The smallest absolute Gasteiger partial charge is 0.273 e. The Morgan fingerprint density at radius 2 is 2.00 bits per heavy atom. The number of amides is 1. The molecule has 3 aromatic rings. The van der Waals surface area contributed by atoms with Gasteiger partial charge in [-0.25, -0.2) is 4.98 Å². The van der Waals surface area contributed by atoms with Crippen LogP contribution in [0, 0.1) is 0 Å². The maximum Gasteiger partial charge on any atom is 0.273 e. The molecule has 1 aliphatic rings. The maximum absolute atomic E-state index is 12.9. The van der Waals surface area contributed by atoms with Gasteiger partial charge in [0.15, 0.2) is 0 Å². The van der Waals surface area contributed by atoms with Crippen molar-refractivity contribution in [3.05, 3.63) is 82.8 Å². The highest BCUT2D eigenvalue weighted by Crippen LogP contribution is 2.32. The molecule has 0 radical (unpaired) electrons. The van der Waals surface area contributed by atoms with Crippen LogP contribution in [0.5, 0.6) is 0 Å². The molecule has 0 saturated carbocycles. The highest BCUT2D eigenvalue weighted by Gasteiger charge is 2.32. The second-order valence-electron chi connectivity index (χ2n) is 6.66. The van der Waals surface area contributed by atoms with E-state index in [0.717, 1.165) is 30.6 Å². The SMILES string of the molecule is O=C(c1ccccn1)N1CCCCC1c1ncc(Cc2ccccc2Cl)o1. The summed E-state index contributed by atoms with van der Waals surface area (Å²) < 4.78 is 6.01. The number of halogens is 1. The van der Waals surface area contributed by atoms with Crippen LogP contribution in [0.15, 0.2) is 59.3 Å². The van der Waals surface area contributed by atoms with Gasteiger partial charge in [-0.05, 0) is 43.0 Å². The quantitative estimate of drug-likeness (QED) is 0.658. The molecule has 1 fully saturated rings. The normalized spacial score (nSPS) is 17.1. The Bertz CT molecular complexity index is 926. The molecule has 1 aromatic carbocycles. The zero-order valence-electron chi connectivity index (χ0n) is 14.8. The lowest BCUT2D eigenvalue weighted by molar-refractivity contribution is 0.0564. The Morgan fingerprint density at radius 1 is 1.15 bits per heavy atom. The minimum absolute atomic E-state index is 0.0776. The number of likely N-dealkylation sites (tertiary alicyclic amines) is 1. The van der Waals surface area contributed by atoms with E-state index in [4.69, 9.17) is 16.0 Å². The number of hydrogen-bond acceptors (Lipinski definition) is 4. The number of piperidine rings is 1.